The Hall–Kier alpha value is -3.31. The third kappa shape index (κ3) is 5.61. The molecule has 0 N–H and O–H groups in total. The van der Waals surface area contributed by atoms with Crippen LogP contribution < -0.4 is 0 Å². The van der Waals surface area contributed by atoms with Crippen LogP contribution in [0.15, 0.2) is 41.5 Å². The number of Topliss-reactive ketones (excluding diaryl/α,β-unsaturated/α-hetero) is 4. The lowest BCUT2D eigenvalue weighted by Crippen LogP contribution is -2.29. The lowest BCUT2D eigenvalue weighted by molar-refractivity contribution is -0.136. The summed E-state index contributed by atoms with van der Waals surface area (Å²) in [4.78, 5) is 50.8. The molecule has 3 rings (SSSR count). The second-order valence-electron chi connectivity index (χ2n) is 7.73. The third-order valence-corrected chi connectivity index (χ3v) is 5.38. The normalized spacial score (nSPS) is 14.5. The highest BCUT2D eigenvalue weighted by molar-refractivity contribution is 6.05. The second kappa shape index (κ2) is 9.94. The molecular formula is C23H23N3O4. The van der Waals surface area contributed by atoms with Gasteiger partial charge in [0, 0.05) is 48.6 Å². The Balaban J connectivity index is 1.64. The number of ketones is 4. The monoisotopic (exact) mass is 405 g/mol. The molecule has 30 heavy (non-hydrogen) atoms. The van der Waals surface area contributed by atoms with Crippen LogP contribution in [0.1, 0.15) is 54.4 Å². The quantitative estimate of drug-likeness (QED) is 0.152. The third-order valence-electron chi connectivity index (χ3n) is 5.38. The lowest BCUT2D eigenvalue weighted by atomic mass is 9.82. The van der Waals surface area contributed by atoms with Crippen LogP contribution in [0, 0.1) is 5.92 Å². The number of carbonyl (C=O) groups is 4. The summed E-state index contributed by atoms with van der Waals surface area (Å²) in [6.45, 7) is 0.395. The van der Waals surface area contributed by atoms with Crippen molar-refractivity contribution in [1.29, 1.82) is 0 Å². The number of nitrogens with zero attached hydrogens (tertiary/aromatic N) is 3. The molecule has 1 aliphatic carbocycles. The molecule has 0 saturated heterocycles. The fourth-order valence-corrected chi connectivity index (χ4v) is 3.79. The SMILES string of the molecule is [N-]=[N+]=NCCCCC(=O)c1ccc2cc(CC(=O)C3CC(=O)CC(=O)C3)ccc2c1. The summed E-state index contributed by atoms with van der Waals surface area (Å²) >= 11 is 0. The van der Waals surface area contributed by atoms with Gasteiger partial charge >= 0.3 is 0 Å². The number of hydrogen-bond donors (Lipinski definition) is 0. The van der Waals surface area contributed by atoms with Crippen molar-refractivity contribution in [3.05, 3.63) is 58.0 Å². The number of unbranched alkanes of at least 4 members (excludes halogenated alkanes) is 1. The predicted molar refractivity (Wildman–Crippen MR) is 112 cm³/mol. The van der Waals surface area contributed by atoms with Gasteiger partial charge in [-0.25, -0.2) is 0 Å². The molecule has 0 bridgehead atoms. The molecule has 2 aromatic rings. The van der Waals surface area contributed by atoms with Crippen LogP contribution in [0.4, 0.5) is 0 Å². The molecule has 0 heterocycles. The van der Waals surface area contributed by atoms with Crippen molar-refractivity contribution < 1.29 is 19.2 Å². The zero-order valence-electron chi connectivity index (χ0n) is 16.7. The van der Waals surface area contributed by atoms with Crippen molar-refractivity contribution in [2.24, 2.45) is 11.0 Å². The molecule has 1 saturated carbocycles. The maximum Gasteiger partial charge on any atom is 0.162 e. The van der Waals surface area contributed by atoms with Gasteiger partial charge in [0.25, 0.3) is 0 Å². The molecule has 0 atom stereocenters. The van der Waals surface area contributed by atoms with Crippen molar-refractivity contribution in [1.82, 2.24) is 0 Å². The van der Waals surface area contributed by atoms with E-state index >= 15 is 0 Å². The van der Waals surface area contributed by atoms with E-state index in [4.69, 9.17) is 5.53 Å². The Kier molecular flexibility index (Phi) is 7.09. The molecule has 1 fully saturated rings. The molecule has 0 aliphatic heterocycles. The van der Waals surface area contributed by atoms with Gasteiger partial charge in [-0.3, -0.25) is 19.2 Å². The van der Waals surface area contributed by atoms with Gasteiger partial charge < -0.3 is 0 Å². The molecule has 0 unspecified atom stereocenters. The first kappa shape index (κ1) is 21.4. The minimum absolute atomic E-state index is 0.0451. The summed E-state index contributed by atoms with van der Waals surface area (Å²) in [5, 5.41) is 5.30. The Morgan fingerprint density at radius 1 is 1.00 bits per heavy atom. The fraction of sp³-hybridized carbons (Fsp3) is 0.391. The summed E-state index contributed by atoms with van der Waals surface area (Å²) in [6, 6.07) is 11.1. The highest BCUT2D eigenvalue weighted by Crippen LogP contribution is 2.24. The van der Waals surface area contributed by atoms with Crippen molar-refractivity contribution in [2.45, 2.75) is 44.9 Å². The molecule has 0 aromatic heterocycles. The highest BCUT2D eigenvalue weighted by atomic mass is 16.2. The van der Waals surface area contributed by atoms with E-state index in [1.54, 1.807) is 6.07 Å². The maximum atomic E-state index is 12.5. The summed E-state index contributed by atoms with van der Waals surface area (Å²) < 4.78 is 0. The molecular weight excluding hydrogens is 382 g/mol. The van der Waals surface area contributed by atoms with Gasteiger partial charge in [-0.05, 0) is 40.8 Å². The molecule has 7 heteroatoms. The largest absolute Gasteiger partial charge is 0.299 e. The first-order valence-corrected chi connectivity index (χ1v) is 10.1. The van der Waals surface area contributed by atoms with Crippen LogP contribution in [-0.4, -0.2) is 29.7 Å². The Labute approximate surface area is 174 Å². The molecule has 0 amide bonds. The standard InChI is InChI=1S/C23H23N3O4/c24-26-25-8-2-1-3-22(29)18-7-6-16-9-15(4-5-17(16)11-18)10-23(30)19-12-20(27)14-21(28)13-19/h4-7,9,11,19H,1-3,8,10,12-14H2. The maximum absolute atomic E-state index is 12.5. The summed E-state index contributed by atoms with van der Waals surface area (Å²) in [6.07, 6.45) is 2.21. The molecule has 2 aromatic carbocycles. The number of carbonyl (C=O) groups excluding carboxylic acids is 4. The fourth-order valence-electron chi connectivity index (χ4n) is 3.79. The number of hydrogen-bond acceptors (Lipinski definition) is 5. The van der Waals surface area contributed by atoms with Crippen LogP contribution in [0.25, 0.3) is 21.2 Å². The van der Waals surface area contributed by atoms with Crippen LogP contribution in [-0.2, 0) is 20.8 Å². The van der Waals surface area contributed by atoms with Gasteiger partial charge in [-0.1, -0.05) is 35.4 Å². The minimum atomic E-state index is -0.506. The molecule has 1 aliphatic rings. The van der Waals surface area contributed by atoms with Crippen molar-refractivity contribution in [3.63, 3.8) is 0 Å². The van der Waals surface area contributed by atoms with E-state index < -0.39 is 5.92 Å². The van der Waals surface area contributed by atoms with Crippen molar-refractivity contribution >= 4 is 33.9 Å². The van der Waals surface area contributed by atoms with Gasteiger partial charge in [0.2, 0.25) is 0 Å². The average molecular weight is 405 g/mol. The lowest BCUT2D eigenvalue weighted by Gasteiger charge is -2.18. The van der Waals surface area contributed by atoms with Gasteiger partial charge in [0.05, 0.1) is 6.42 Å². The predicted octanol–water partition coefficient (Wildman–Crippen LogP) is 4.55. The van der Waals surface area contributed by atoms with Crippen molar-refractivity contribution in [2.75, 3.05) is 6.54 Å². The van der Waals surface area contributed by atoms with E-state index in [1.807, 2.05) is 30.3 Å². The smallest absolute Gasteiger partial charge is 0.162 e. The van der Waals surface area contributed by atoms with E-state index in [-0.39, 0.29) is 48.8 Å². The van der Waals surface area contributed by atoms with Crippen LogP contribution in [0.3, 0.4) is 0 Å². The van der Waals surface area contributed by atoms with Crippen LogP contribution in [0.5, 0.6) is 0 Å². The minimum Gasteiger partial charge on any atom is -0.299 e. The molecule has 0 spiro atoms. The first-order valence-electron chi connectivity index (χ1n) is 10.1. The Bertz CT molecular complexity index is 1040. The molecule has 7 nitrogen and oxygen atoms in total. The topological polar surface area (TPSA) is 117 Å². The Morgan fingerprint density at radius 3 is 2.43 bits per heavy atom. The highest BCUT2D eigenvalue weighted by Gasteiger charge is 2.30. The Morgan fingerprint density at radius 2 is 1.70 bits per heavy atom. The van der Waals surface area contributed by atoms with Crippen LogP contribution >= 0.6 is 0 Å². The number of azide groups is 1. The summed E-state index contributed by atoms with van der Waals surface area (Å²) in [5.41, 5.74) is 9.72. The van der Waals surface area contributed by atoms with Gasteiger partial charge in [-0.2, -0.15) is 0 Å². The molecule has 154 valence electrons. The summed E-state index contributed by atoms with van der Waals surface area (Å²) in [5.74, 6) is -0.850. The summed E-state index contributed by atoms with van der Waals surface area (Å²) in [7, 11) is 0. The van der Waals surface area contributed by atoms with E-state index in [2.05, 4.69) is 10.0 Å². The van der Waals surface area contributed by atoms with E-state index in [1.165, 1.54) is 0 Å². The number of fused-ring (bicyclic) bond motifs is 1. The average Bonchev–Trinajstić information content (AvgIpc) is 2.72. The van der Waals surface area contributed by atoms with E-state index in [9.17, 15) is 19.2 Å². The zero-order chi connectivity index (χ0) is 21.5. The van der Waals surface area contributed by atoms with Crippen LogP contribution in [0.2, 0.25) is 0 Å². The second-order valence-corrected chi connectivity index (χ2v) is 7.73. The molecule has 0 radical (unpaired) electrons. The number of benzene rings is 2. The van der Waals surface area contributed by atoms with E-state index in [0.29, 0.717) is 31.4 Å². The van der Waals surface area contributed by atoms with Gasteiger partial charge in [-0.15, -0.1) is 0 Å². The zero-order valence-corrected chi connectivity index (χ0v) is 16.7. The first-order chi connectivity index (χ1) is 14.5. The van der Waals surface area contributed by atoms with Crippen molar-refractivity contribution in [3.8, 4) is 0 Å². The van der Waals surface area contributed by atoms with E-state index in [0.717, 1.165) is 16.3 Å². The van der Waals surface area contributed by atoms with Gasteiger partial charge in [0.1, 0.15) is 17.3 Å². The van der Waals surface area contributed by atoms with Gasteiger partial charge in [0.15, 0.2) is 5.78 Å². The number of rotatable bonds is 9.